The number of alkyl halides is 3. The molecule has 0 aromatic heterocycles. The minimum atomic E-state index is -4.41. The first-order valence-electron chi connectivity index (χ1n) is 9.08. The molecular weight excluding hydrogens is 405 g/mol. The normalized spacial score (nSPS) is 16.6. The lowest BCUT2D eigenvalue weighted by atomic mass is 9.97. The van der Waals surface area contributed by atoms with Crippen LogP contribution in [0.4, 0.5) is 18.9 Å². The maximum atomic E-state index is 12.9. The zero-order valence-electron chi connectivity index (χ0n) is 15.7. The monoisotopic (exact) mass is 426 g/mol. The van der Waals surface area contributed by atoms with Crippen LogP contribution >= 0.6 is 0 Å². The summed E-state index contributed by atoms with van der Waals surface area (Å²) in [5, 5.41) is 2.79. The minimum absolute atomic E-state index is 0.190. The van der Waals surface area contributed by atoms with Crippen LogP contribution in [0.5, 0.6) is 0 Å². The van der Waals surface area contributed by atoms with E-state index in [0.29, 0.717) is 42.7 Å². The molecule has 0 unspecified atom stereocenters. The molecule has 0 radical (unpaired) electrons. The van der Waals surface area contributed by atoms with E-state index in [0.717, 1.165) is 18.4 Å². The highest BCUT2D eigenvalue weighted by Gasteiger charge is 2.31. The summed E-state index contributed by atoms with van der Waals surface area (Å²) in [6, 6.07) is 11.6. The molecule has 156 valence electrons. The summed E-state index contributed by atoms with van der Waals surface area (Å²) in [5.41, 5.74) is 0.866. The predicted octanol–water partition coefficient (Wildman–Crippen LogP) is 3.98. The Bertz CT molecular complexity index is 981. The van der Waals surface area contributed by atoms with Crippen LogP contribution in [0.25, 0.3) is 11.1 Å². The molecule has 29 heavy (non-hydrogen) atoms. The van der Waals surface area contributed by atoms with E-state index in [9.17, 15) is 26.4 Å². The van der Waals surface area contributed by atoms with Gasteiger partial charge in [-0.1, -0.05) is 24.3 Å². The largest absolute Gasteiger partial charge is 0.416 e. The number of piperidine rings is 1. The van der Waals surface area contributed by atoms with Crippen LogP contribution in [-0.4, -0.2) is 38.0 Å². The number of nitrogens with one attached hydrogen (secondary N) is 1. The molecule has 1 fully saturated rings. The number of carbonyl (C=O) groups is 1. The summed E-state index contributed by atoms with van der Waals surface area (Å²) in [4.78, 5) is 12.4. The molecule has 0 aliphatic carbocycles. The number of rotatable bonds is 4. The van der Waals surface area contributed by atoms with E-state index in [1.54, 1.807) is 30.3 Å². The van der Waals surface area contributed by atoms with Crippen molar-refractivity contribution in [2.75, 3.05) is 24.7 Å². The van der Waals surface area contributed by atoms with Crippen LogP contribution in [0.3, 0.4) is 0 Å². The third-order valence-corrected chi connectivity index (χ3v) is 6.27. The zero-order chi connectivity index (χ0) is 21.2. The molecule has 9 heteroatoms. The fourth-order valence-electron chi connectivity index (χ4n) is 3.32. The van der Waals surface area contributed by atoms with Gasteiger partial charge in [-0.05, 0) is 48.2 Å². The molecule has 0 bridgehead atoms. The van der Waals surface area contributed by atoms with E-state index in [4.69, 9.17) is 0 Å². The highest BCUT2D eigenvalue weighted by Crippen LogP contribution is 2.32. The van der Waals surface area contributed by atoms with Crippen LogP contribution in [0.1, 0.15) is 18.4 Å². The van der Waals surface area contributed by atoms with Crippen LogP contribution in [-0.2, 0) is 21.0 Å². The smallest absolute Gasteiger partial charge is 0.326 e. The molecule has 0 atom stereocenters. The first-order valence-corrected chi connectivity index (χ1v) is 10.9. The maximum Gasteiger partial charge on any atom is 0.416 e. The van der Waals surface area contributed by atoms with Crippen molar-refractivity contribution in [2.24, 2.45) is 5.92 Å². The van der Waals surface area contributed by atoms with Crippen molar-refractivity contribution in [3.8, 4) is 11.1 Å². The number of anilines is 1. The van der Waals surface area contributed by atoms with Crippen molar-refractivity contribution >= 4 is 21.6 Å². The molecule has 1 N–H and O–H groups in total. The van der Waals surface area contributed by atoms with Crippen LogP contribution in [0.15, 0.2) is 48.5 Å². The third kappa shape index (κ3) is 5.36. The average Bonchev–Trinajstić information content (AvgIpc) is 2.67. The Balaban J connectivity index is 1.63. The van der Waals surface area contributed by atoms with Crippen LogP contribution in [0, 0.1) is 5.92 Å². The van der Waals surface area contributed by atoms with Gasteiger partial charge in [0.15, 0.2) is 0 Å². The molecule has 1 heterocycles. The SMILES string of the molecule is CS(=O)(=O)N1CCC(C(=O)Nc2ccc(-c3cccc(C(F)(F)F)c3)cc2)CC1. The van der Waals surface area contributed by atoms with Gasteiger partial charge < -0.3 is 5.32 Å². The summed E-state index contributed by atoms with van der Waals surface area (Å²) in [5.74, 6) is -0.471. The van der Waals surface area contributed by atoms with Crippen molar-refractivity contribution < 1.29 is 26.4 Å². The maximum absolute atomic E-state index is 12.9. The Kier molecular flexibility index (Phi) is 6.00. The van der Waals surface area contributed by atoms with E-state index in [1.165, 1.54) is 10.4 Å². The van der Waals surface area contributed by atoms with Gasteiger partial charge >= 0.3 is 6.18 Å². The van der Waals surface area contributed by atoms with Gasteiger partial charge in [0, 0.05) is 24.7 Å². The fourth-order valence-corrected chi connectivity index (χ4v) is 4.19. The lowest BCUT2D eigenvalue weighted by molar-refractivity contribution is -0.137. The molecule has 1 aliphatic rings. The second kappa shape index (κ2) is 8.16. The summed E-state index contributed by atoms with van der Waals surface area (Å²) in [7, 11) is -3.25. The number of carbonyl (C=O) groups excluding carboxylic acids is 1. The molecule has 2 aromatic carbocycles. The van der Waals surface area contributed by atoms with E-state index >= 15 is 0 Å². The van der Waals surface area contributed by atoms with E-state index in [-0.39, 0.29) is 11.8 Å². The zero-order valence-corrected chi connectivity index (χ0v) is 16.6. The summed E-state index contributed by atoms with van der Waals surface area (Å²) < 4.78 is 63.1. The van der Waals surface area contributed by atoms with E-state index in [2.05, 4.69) is 5.32 Å². The Morgan fingerprint density at radius 1 is 1.03 bits per heavy atom. The Morgan fingerprint density at radius 2 is 1.66 bits per heavy atom. The number of hydrogen-bond donors (Lipinski definition) is 1. The van der Waals surface area contributed by atoms with Gasteiger partial charge in [0.1, 0.15) is 0 Å². The first-order chi connectivity index (χ1) is 13.5. The van der Waals surface area contributed by atoms with Crippen molar-refractivity contribution in [2.45, 2.75) is 19.0 Å². The Hall–Kier alpha value is -2.39. The van der Waals surface area contributed by atoms with Crippen LogP contribution in [0.2, 0.25) is 0 Å². The highest BCUT2D eigenvalue weighted by atomic mass is 32.2. The fraction of sp³-hybridized carbons (Fsp3) is 0.350. The number of halogens is 3. The Morgan fingerprint density at radius 3 is 2.21 bits per heavy atom. The molecule has 0 saturated carbocycles. The van der Waals surface area contributed by atoms with Crippen molar-refractivity contribution in [1.29, 1.82) is 0 Å². The van der Waals surface area contributed by atoms with Crippen molar-refractivity contribution in [3.63, 3.8) is 0 Å². The molecule has 3 rings (SSSR count). The summed E-state index contributed by atoms with van der Waals surface area (Å²) >= 11 is 0. The van der Waals surface area contributed by atoms with E-state index < -0.39 is 21.8 Å². The van der Waals surface area contributed by atoms with Gasteiger partial charge in [-0.2, -0.15) is 13.2 Å². The summed E-state index contributed by atoms with van der Waals surface area (Å²) in [6.45, 7) is 0.622. The molecule has 0 spiro atoms. The second-order valence-electron chi connectivity index (χ2n) is 7.08. The van der Waals surface area contributed by atoms with Gasteiger partial charge in [0.05, 0.1) is 11.8 Å². The standard InChI is InChI=1S/C20H21F3N2O3S/c1-29(27,28)25-11-9-15(10-12-25)19(26)24-18-7-5-14(6-8-18)16-3-2-4-17(13-16)20(21,22)23/h2-8,13,15H,9-12H2,1H3,(H,24,26). The molecule has 2 aromatic rings. The average molecular weight is 426 g/mol. The quantitative estimate of drug-likeness (QED) is 0.804. The predicted molar refractivity (Wildman–Crippen MR) is 105 cm³/mol. The number of nitrogens with zero attached hydrogens (tertiary/aromatic N) is 1. The molecule has 1 aliphatic heterocycles. The topological polar surface area (TPSA) is 66.5 Å². The molecule has 1 saturated heterocycles. The highest BCUT2D eigenvalue weighted by molar-refractivity contribution is 7.88. The third-order valence-electron chi connectivity index (χ3n) is 4.97. The second-order valence-corrected chi connectivity index (χ2v) is 9.06. The van der Waals surface area contributed by atoms with Crippen molar-refractivity contribution in [1.82, 2.24) is 4.31 Å². The van der Waals surface area contributed by atoms with Gasteiger partial charge in [0.25, 0.3) is 0 Å². The molecule has 5 nitrogen and oxygen atoms in total. The minimum Gasteiger partial charge on any atom is -0.326 e. The molecular formula is C20H21F3N2O3S. The Labute approximate surface area is 167 Å². The molecule has 1 amide bonds. The van der Waals surface area contributed by atoms with Gasteiger partial charge in [0.2, 0.25) is 15.9 Å². The van der Waals surface area contributed by atoms with Gasteiger partial charge in [-0.15, -0.1) is 0 Å². The van der Waals surface area contributed by atoms with Gasteiger partial charge in [-0.25, -0.2) is 12.7 Å². The first kappa shape index (κ1) is 21.3. The number of sulfonamides is 1. The van der Waals surface area contributed by atoms with Crippen LogP contribution < -0.4 is 5.32 Å². The van der Waals surface area contributed by atoms with E-state index in [1.807, 2.05) is 0 Å². The lowest BCUT2D eigenvalue weighted by Crippen LogP contribution is -2.40. The van der Waals surface area contributed by atoms with Gasteiger partial charge in [-0.3, -0.25) is 4.79 Å². The lowest BCUT2D eigenvalue weighted by Gasteiger charge is -2.29. The number of hydrogen-bond acceptors (Lipinski definition) is 3. The number of amides is 1. The van der Waals surface area contributed by atoms with Crippen molar-refractivity contribution in [3.05, 3.63) is 54.1 Å². The number of benzene rings is 2. The summed E-state index contributed by atoms with van der Waals surface area (Å²) in [6.07, 6.45) is -2.36.